The second-order valence-electron chi connectivity index (χ2n) is 23.2. The van der Waals surface area contributed by atoms with Gasteiger partial charge in [-0.05, 0) is 70.6 Å². The minimum absolute atomic E-state index is 0.0610. The molecule has 1 amide bonds. The molecule has 0 aromatic rings. The summed E-state index contributed by atoms with van der Waals surface area (Å²) in [7, 11) is 0. The number of carbonyl (C=O) groups is 1. The van der Waals surface area contributed by atoms with Gasteiger partial charge in [0.05, 0.1) is 18.8 Å². The van der Waals surface area contributed by atoms with Crippen molar-refractivity contribution in [3.8, 4) is 0 Å². The molecule has 0 aliphatic carbocycles. The van der Waals surface area contributed by atoms with Gasteiger partial charge in [-0.2, -0.15) is 0 Å². The zero-order valence-electron chi connectivity index (χ0n) is 51.7. The summed E-state index contributed by atoms with van der Waals surface area (Å²) in [6, 6.07) is -0.627. The Hall–Kier alpha value is -2.43. The van der Waals surface area contributed by atoms with Crippen molar-refractivity contribution in [3.63, 3.8) is 0 Å². The molecule has 2 unspecified atom stereocenters. The molecule has 4 nitrogen and oxygen atoms in total. The van der Waals surface area contributed by atoms with Crippen LogP contribution in [0.1, 0.15) is 354 Å². The van der Waals surface area contributed by atoms with Gasteiger partial charge >= 0.3 is 0 Å². The minimum atomic E-state index is -0.844. The molecule has 4 heteroatoms. The molecule has 0 saturated carbocycles. The van der Waals surface area contributed by atoms with E-state index in [1.807, 2.05) is 6.08 Å². The Balaban J connectivity index is 3.47. The molecular weight excluding hydrogens is 939 g/mol. The second kappa shape index (κ2) is 67.8. The molecule has 3 N–H and O–H groups in total. The van der Waals surface area contributed by atoms with E-state index in [0.29, 0.717) is 6.42 Å². The van der Waals surface area contributed by atoms with Crippen LogP contribution in [0.4, 0.5) is 0 Å². The number of hydrogen-bond acceptors (Lipinski definition) is 3. The highest BCUT2D eigenvalue weighted by Gasteiger charge is 2.18. The maximum atomic E-state index is 12.5. The summed E-state index contributed by atoms with van der Waals surface area (Å²) < 4.78 is 0. The Morgan fingerprint density at radius 2 is 0.571 bits per heavy atom. The highest BCUT2D eigenvalue weighted by atomic mass is 16.3. The fourth-order valence-corrected chi connectivity index (χ4v) is 10.5. The number of aliphatic hydroxyl groups is 2. The van der Waals surface area contributed by atoms with E-state index in [2.05, 4.69) is 92.1 Å². The molecule has 2 atom stereocenters. The third-order valence-electron chi connectivity index (χ3n) is 15.6. The molecule has 0 bridgehead atoms. The van der Waals surface area contributed by atoms with Gasteiger partial charge in [0.1, 0.15) is 0 Å². The first-order valence-corrected chi connectivity index (χ1v) is 34.3. The van der Waals surface area contributed by atoms with Gasteiger partial charge in [0.15, 0.2) is 0 Å². The zero-order valence-corrected chi connectivity index (χ0v) is 51.7. The molecule has 0 aliphatic heterocycles. The molecule has 0 heterocycles. The van der Waals surface area contributed by atoms with Crippen LogP contribution in [0.3, 0.4) is 0 Å². The van der Waals surface area contributed by atoms with Gasteiger partial charge in [0.25, 0.3) is 0 Å². The summed E-state index contributed by atoms with van der Waals surface area (Å²) >= 11 is 0. The summed E-state index contributed by atoms with van der Waals surface area (Å²) in [6.45, 7) is 4.23. The predicted octanol–water partition coefficient (Wildman–Crippen LogP) is 23.4. The number of amides is 1. The van der Waals surface area contributed by atoms with E-state index < -0.39 is 12.1 Å². The third kappa shape index (κ3) is 64.3. The van der Waals surface area contributed by atoms with E-state index in [9.17, 15) is 15.0 Å². The zero-order chi connectivity index (χ0) is 55.5. The van der Waals surface area contributed by atoms with Crippen LogP contribution in [0, 0.1) is 0 Å². The Labute approximate surface area is 481 Å². The van der Waals surface area contributed by atoms with Crippen molar-refractivity contribution in [3.05, 3.63) is 85.1 Å². The van der Waals surface area contributed by atoms with E-state index in [4.69, 9.17) is 0 Å². The van der Waals surface area contributed by atoms with E-state index in [-0.39, 0.29) is 12.5 Å². The maximum Gasteiger partial charge on any atom is 0.220 e. The smallest absolute Gasteiger partial charge is 0.220 e. The van der Waals surface area contributed by atoms with Crippen molar-refractivity contribution in [1.82, 2.24) is 5.32 Å². The molecule has 77 heavy (non-hydrogen) atoms. The van der Waals surface area contributed by atoms with Crippen LogP contribution < -0.4 is 5.32 Å². The maximum absolute atomic E-state index is 12.5. The van der Waals surface area contributed by atoms with Crippen LogP contribution in [-0.4, -0.2) is 34.9 Å². The third-order valence-corrected chi connectivity index (χ3v) is 15.6. The van der Waals surface area contributed by atoms with E-state index in [0.717, 1.165) is 64.2 Å². The van der Waals surface area contributed by atoms with Crippen molar-refractivity contribution in [1.29, 1.82) is 0 Å². The van der Waals surface area contributed by atoms with Gasteiger partial charge < -0.3 is 15.5 Å². The molecule has 0 aromatic carbocycles. The molecule has 0 aromatic heterocycles. The standard InChI is InChI=1S/C73H133NO3/c1-3-5-7-9-11-13-15-17-19-21-23-25-27-29-31-33-35-36-37-38-39-41-43-45-47-49-51-53-55-57-59-61-63-65-67-69-73(77)74-71(70-75)72(76)68-66-64-62-60-58-56-54-52-50-48-46-44-42-40-34-32-30-28-26-24-22-20-18-16-14-12-10-8-6-4-2/h5,7,11,13,17,19,23,25,29,31,35-36,66,68,71-72,75-76H,3-4,6,8-10,12,14-16,18,20-22,24,26-28,30,32-34,37-65,67,69-70H2,1-2H3,(H,74,77)/b7-5-,13-11-,19-17-,25-23-,31-29-,36-35-,68-66+. The molecule has 0 spiro atoms. The second-order valence-corrected chi connectivity index (χ2v) is 23.2. The monoisotopic (exact) mass is 1070 g/mol. The van der Waals surface area contributed by atoms with Crippen LogP contribution in [0.5, 0.6) is 0 Å². The summed E-state index contributed by atoms with van der Waals surface area (Å²) in [5.74, 6) is -0.0610. The number of carbonyl (C=O) groups excluding carboxylic acids is 1. The molecule has 0 fully saturated rings. The molecule has 0 radical (unpaired) electrons. The first-order chi connectivity index (χ1) is 38.2. The molecule has 0 rings (SSSR count). The number of aliphatic hydroxyl groups excluding tert-OH is 2. The van der Waals surface area contributed by atoms with Gasteiger partial charge in [-0.3, -0.25) is 4.79 Å². The first kappa shape index (κ1) is 74.6. The lowest BCUT2D eigenvalue weighted by Gasteiger charge is -2.20. The minimum Gasteiger partial charge on any atom is -0.394 e. The SMILES string of the molecule is CC/C=C\C/C=C\C/C=C\C/C=C\C/C=C\C/C=C\CCCCCCCCCCCCCCCCCCC(=O)NC(CO)C(O)/C=C/CCCCCCCCCCCCCCCCCCCCCCCCCCCCCC. The summed E-state index contributed by atoms with van der Waals surface area (Å²) in [5, 5.41) is 23.3. The number of hydrogen-bond donors (Lipinski definition) is 3. The number of rotatable bonds is 63. The number of unbranched alkanes of at least 4 members (excludes halogenated alkanes) is 44. The lowest BCUT2D eigenvalue weighted by molar-refractivity contribution is -0.123. The Bertz CT molecular complexity index is 1360. The quantitative estimate of drug-likeness (QED) is 0.0420. The van der Waals surface area contributed by atoms with E-state index in [1.165, 1.54) is 270 Å². The summed E-state index contributed by atoms with van der Waals surface area (Å²) in [4.78, 5) is 12.5. The average Bonchev–Trinajstić information content (AvgIpc) is 3.43. The van der Waals surface area contributed by atoms with Gasteiger partial charge in [0.2, 0.25) is 5.91 Å². The summed E-state index contributed by atoms with van der Waals surface area (Å²) in [5.41, 5.74) is 0. The normalized spacial score (nSPS) is 13.2. The lowest BCUT2D eigenvalue weighted by Crippen LogP contribution is -2.45. The lowest BCUT2D eigenvalue weighted by atomic mass is 10.0. The van der Waals surface area contributed by atoms with Crippen molar-refractivity contribution in [2.45, 2.75) is 366 Å². The van der Waals surface area contributed by atoms with Crippen LogP contribution in [-0.2, 0) is 4.79 Å². The van der Waals surface area contributed by atoms with Crippen LogP contribution >= 0.6 is 0 Å². The van der Waals surface area contributed by atoms with Crippen molar-refractivity contribution < 1.29 is 15.0 Å². The van der Waals surface area contributed by atoms with E-state index in [1.54, 1.807) is 6.08 Å². The highest BCUT2D eigenvalue weighted by molar-refractivity contribution is 5.76. The van der Waals surface area contributed by atoms with Crippen LogP contribution in [0.25, 0.3) is 0 Å². The molecule has 448 valence electrons. The fraction of sp³-hybridized carbons (Fsp3) is 0.795. The number of nitrogens with one attached hydrogen (secondary N) is 1. The van der Waals surface area contributed by atoms with Gasteiger partial charge in [-0.15, -0.1) is 0 Å². The van der Waals surface area contributed by atoms with Crippen LogP contribution in [0.2, 0.25) is 0 Å². The van der Waals surface area contributed by atoms with Crippen LogP contribution in [0.15, 0.2) is 85.1 Å². The first-order valence-electron chi connectivity index (χ1n) is 34.3. The summed E-state index contributed by atoms with van der Waals surface area (Å²) in [6.07, 6.45) is 99.4. The van der Waals surface area contributed by atoms with Crippen molar-refractivity contribution in [2.75, 3.05) is 6.61 Å². The van der Waals surface area contributed by atoms with E-state index >= 15 is 0 Å². The molecule has 0 aliphatic rings. The van der Waals surface area contributed by atoms with Crippen molar-refractivity contribution >= 4 is 5.91 Å². The Morgan fingerprint density at radius 3 is 0.857 bits per heavy atom. The molecular formula is C73H133NO3. The largest absolute Gasteiger partial charge is 0.394 e. The average molecular weight is 1070 g/mol. The highest BCUT2D eigenvalue weighted by Crippen LogP contribution is 2.18. The topological polar surface area (TPSA) is 69.6 Å². The van der Waals surface area contributed by atoms with Gasteiger partial charge in [0, 0.05) is 6.42 Å². The predicted molar refractivity (Wildman–Crippen MR) is 345 cm³/mol. The Morgan fingerprint density at radius 1 is 0.325 bits per heavy atom. The fourth-order valence-electron chi connectivity index (χ4n) is 10.5. The van der Waals surface area contributed by atoms with Gasteiger partial charge in [-0.1, -0.05) is 362 Å². The Kier molecular flexibility index (Phi) is 65.7. The molecule has 0 saturated heterocycles. The van der Waals surface area contributed by atoms with Gasteiger partial charge in [-0.25, -0.2) is 0 Å². The number of allylic oxidation sites excluding steroid dienone is 13. The van der Waals surface area contributed by atoms with Crippen molar-refractivity contribution in [2.24, 2.45) is 0 Å².